The van der Waals surface area contributed by atoms with E-state index in [0.717, 1.165) is 22.3 Å². The molecule has 0 saturated carbocycles. The van der Waals surface area contributed by atoms with Crippen LogP contribution < -0.4 is 5.32 Å². The Balaban J connectivity index is 1.74. The molecule has 0 aliphatic rings. The number of aromatic nitrogens is 3. The molecule has 1 unspecified atom stereocenters. The lowest BCUT2D eigenvalue weighted by molar-refractivity contribution is -0.121. The molecule has 3 aromatic rings. The molecule has 3 heterocycles. The van der Waals surface area contributed by atoms with Crippen LogP contribution in [-0.2, 0) is 18.3 Å². The van der Waals surface area contributed by atoms with Gasteiger partial charge in [-0.1, -0.05) is 6.07 Å². The van der Waals surface area contributed by atoms with Crippen molar-refractivity contribution in [2.24, 2.45) is 7.05 Å². The lowest BCUT2D eigenvalue weighted by atomic mass is 10.1. The van der Waals surface area contributed by atoms with Gasteiger partial charge in [-0.05, 0) is 36.8 Å². The predicted octanol–water partition coefficient (Wildman–Crippen LogP) is 2.39. The minimum absolute atomic E-state index is 0.0190. The van der Waals surface area contributed by atoms with Gasteiger partial charge in [-0.15, -0.1) is 0 Å². The smallest absolute Gasteiger partial charge is 0.225 e. The first-order valence-electron chi connectivity index (χ1n) is 7.24. The van der Waals surface area contributed by atoms with Crippen molar-refractivity contribution in [2.45, 2.75) is 19.4 Å². The number of amides is 1. The van der Waals surface area contributed by atoms with Crippen molar-refractivity contribution in [3.8, 4) is 0 Å². The second-order valence-corrected chi connectivity index (χ2v) is 5.36. The molecule has 0 aliphatic heterocycles. The van der Waals surface area contributed by atoms with Gasteiger partial charge >= 0.3 is 0 Å². The molecule has 0 radical (unpaired) electrons. The molecule has 1 N–H and O–H groups in total. The molecule has 5 nitrogen and oxygen atoms in total. The third kappa shape index (κ3) is 2.83. The van der Waals surface area contributed by atoms with Gasteiger partial charge < -0.3 is 9.88 Å². The Kier molecular flexibility index (Phi) is 3.87. The summed E-state index contributed by atoms with van der Waals surface area (Å²) in [4.78, 5) is 20.9. The third-order valence-electron chi connectivity index (χ3n) is 3.68. The Morgan fingerprint density at radius 1 is 1.23 bits per heavy atom. The molecule has 0 aliphatic carbocycles. The summed E-state index contributed by atoms with van der Waals surface area (Å²) < 4.78 is 1.94. The van der Waals surface area contributed by atoms with E-state index >= 15 is 0 Å². The van der Waals surface area contributed by atoms with E-state index in [1.807, 2.05) is 55.1 Å². The second-order valence-electron chi connectivity index (χ2n) is 5.36. The van der Waals surface area contributed by atoms with Crippen LogP contribution in [0.4, 0.5) is 0 Å². The molecule has 22 heavy (non-hydrogen) atoms. The van der Waals surface area contributed by atoms with E-state index in [0.29, 0.717) is 6.42 Å². The Bertz CT molecular complexity index is 795. The van der Waals surface area contributed by atoms with Crippen LogP contribution >= 0.6 is 0 Å². The highest BCUT2D eigenvalue weighted by atomic mass is 16.1. The number of aryl methyl sites for hydroxylation is 1. The summed E-state index contributed by atoms with van der Waals surface area (Å²) in [5, 5.41) is 4.01. The fraction of sp³-hybridized carbons (Fsp3) is 0.235. The zero-order valence-electron chi connectivity index (χ0n) is 12.7. The first-order valence-corrected chi connectivity index (χ1v) is 7.24. The molecular formula is C17H18N4O. The molecule has 3 aromatic heterocycles. The van der Waals surface area contributed by atoms with Crippen molar-refractivity contribution >= 4 is 16.9 Å². The monoisotopic (exact) mass is 294 g/mol. The molecule has 0 saturated heterocycles. The highest BCUT2D eigenvalue weighted by Gasteiger charge is 2.14. The van der Waals surface area contributed by atoms with Gasteiger partial charge in [0.2, 0.25) is 5.91 Å². The summed E-state index contributed by atoms with van der Waals surface area (Å²) in [6.45, 7) is 1.94. The zero-order valence-corrected chi connectivity index (χ0v) is 12.7. The van der Waals surface area contributed by atoms with Gasteiger partial charge in [0.1, 0.15) is 5.65 Å². The van der Waals surface area contributed by atoms with Gasteiger partial charge in [-0.25, -0.2) is 4.98 Å². The molecule has 0 fully saturated rings. The Labute approximate surface area is 129 Å². The fourth-order valence-corrected chi connectivity index (χ4v) is 2.61. The highest BCUT2D eigenvalue weighted by Crippen LogP contribution is 2.19. The number of rotatable bonds is 4. The summed E-state index contributed by atoms with van der Waals surface area (Å²) in [6.07, 6.45) is 5.78. The minimum Gasteiger partial charge on any atom is -0.348 e. The Morgan fingerprint density at radius 2 is 2.05 bits per heavy atom. The van der Waals surface area contributed by atoms with Crippen LogP contribution in [0.2, 0.25) is 0 Å². The number of nitrogens with one attached hydrogen (secondary N) is 1. The number of hydrogen-bond acceptors (Lipinski definition) is 3. The van der Waals surface area contributed by atoms with E-state index in [1.54, 1.807) is 12.4 Å². The maximum Gasteiger partial charge on any atom is 0.225 e. The van der Waals surface area contributed by atoms with E-state index in [9.17, 15) is 4.79 Å². The number of pyridine rings is 2. The topological polar surface area (TPSA) is 59.8 Å². The standard InChI is InChI=1S/C17H18N4O/c1-12(15-7-3-4-8-18-15)20-16(22)10-13-11-21(2)17-14(13)6-5-9-19-17/h3-9,11-12H,10H2,1-2H3,(H,20,22). The summed E-state index contributed by atoms with van der Waals surface area (Å²) in [6, 6.07) is 9.46. The lowest BCUT2D eigenvalue weighted by Crippen LogP contribution is -2.28. The van der Waals surface area contributed by atoms with Crippen molar-refractivity contribution in [3.63, 3.8) is 0 Å². The SMILES string of the molecule is CC(NC(=O)Cc1cn(C)c2ncccc12)c1ccccn1. The largest absolute Gasteiger partial charge is 0.348 e. The van der Waals surface area contributed by atoms with E-state index in [4.69, 9.17) is 0 Å². The summed E-state index contributed by atoms with van der Waals surface area (Å²) in [5.74, 6) is -0.0190. The summed E-state index contributed by atoms with van der Waals surface area (Å²) >= 11 is 0. The lowest BCUT2D eigenvalue weighted by Gasteiger charge is -2.13. The average molecular weight is 294 g/mol. The fourth-order valence-electron chi connectivity index (χ4n) is 2.61. The second kappa shape index (κ2) is 5.97. The molecular weight excluding hydrogens is 276 g/mol. The van der Waals surface area contributed by atoms with Crippen LogP contribution in [0.25, 0.3) is 11.0 Å². The molecule has 112 valence electrons. The van der Waals surface area contributed by atoms with Gasteiger partial charge in [0.05, 0.1) is 18.2 Å². The average Bonchev–Trinajstić information content (AvgIpc) is 2.85. The van der Waals surface area contributed by atoms with Crippen LogP contribution in [0.15, 0.2) is 48.9 Å². The number of carbonyl (C=O) groups is 1. The van der Waals surface area contributed by atoms with Crippen LogP contribution in [0, 0.1) is 0 Å². The first-order chi connectivity index (χ1) is 10.6. The normalized spacial score (nSPS) is 12.3. The Morgan fingerprint density at radius 3 is 2.82 bits per heavy atom. The van der Waals surface area contributed by atoms with Gasteiger partial charge in [0.15, 0.2) is 0 Å². The van der Waals surface area contributed by atoms with Gasteiger partial charge in [-0.3, -0.25) is 9.78 Å². The summed E-state index contributed by atoms with van der Waals surface area (Å²) in [7, 11) is 1.94. The quantitative estimate of drug-likeness (QED) is 0.803. The van der Waals surface area contributed by atoms with Gasteiger partial charge in [0.25, 0.3) is 0 Å². The van der Waals surface area contributed by atoms with Crippen LogP contribution in [0.3, 0.4) is 0 Å². The van der Waals surface area contributed by atoms with Crippen molar-refractivity contribution in [1.29, 1.82) is 0 Å². The van der Waals surface area contributed by atoms with E-state index < -0.39 is 0 Å². The molecule has 0 bridgehead atoms. The van der Waals surface area contributed by atoms with E-state index in [2.05, 4.69) is 15.3 Å². The molecule has 0 aromatic carbocycles. The molecule has 3 rings (SSSR count). The molecule has 5 heteroatoms. The molecule has 1 amide bonds. The minimum atomic E-state index is -0.109. The van der Waals surface area contributed by atoms with Crippen molar-refractivity contribution in [3.05, 3.63) is 60.2 Å². The third-order valence-corrected chi connectivity index (χ3v) is 3.68. The van der Waals surface area contributed by atoms with Gasteiger partial charge in [-0.2, -0.15) is 0 Å². The van der Waals surface area contributed by atoms with Gasteiger partial charge in [0, 0.05) is 31.0 Å². The maximum absolute atomic E-state index is 12.3. The highest BCUT2D eigenvalue weighted by molar-refractivity contribution is 5.87. The maximum atomic E-state index is 12.3. The molecule has 1 atom stereocenters. The van der Waals surface area contributed by atoms with E-state index in [-0.39, 0.29) is 11.9 Å². The van der Waals surface area contributed by atoms with Crippen molar-refractivity contribution < 1.29 is 4.79 Å². The van der Waals surface area contributed by atoms with Crippen LogP contribution in [0.1, 0.15) is 24.2 Å². The first kappa shape index (κ1) is 14.3. The van der Waals surface area contributed by atoms with E-state index in [1.165, 1.54) is 0 Å². The Hall–Kier alpha value is -2.69. The zero-order chi connectivity index (χ0) is 15.5. The van der Waals surface area contributed by atoms with Crippen LogP contribution in [-0.4, -0.2) is 20.4 Å². The number of nitrogens with zero attached hydrogens (tertiary/aromatic N) is 3. The number of hydrogen-bond donors (Lipinski definition) is 1. The number of carbonyl (C=O) groups excluding carboxylic acids is 1. The predicted molar refractivity (Wildman–Crippen MR) is 85.2 cm³/mol. The summed E-state index contributed by atoms with van der Waals surface area (Å²) in [5.41, 5.74) is 2.73. The van der Waals surface area contributed by atoms with Crippen molar-refractivity contribution in [2.75, 3.05) is 0 Å². The van der Waals surface area contributed by atoms with Crippen molar-refractivity contribution in [1.82, 2.24) is 19.9 Å². The molecule has 0 spiro atoms. The van der Waals surface area contributed by atoms with Crippen LogP contribution in [0.5, 0.6) is 0 Å². The number of fused-ring (bicyclic) bond motifs is 1.